The van der Waals surface area contributed by atoms with Crippen LogP contribution in [0.15, 0.2) is 46.1 Å². The van der Waals surface area contributed by atoms with E-state index in [1.54, 1.807) is 12.2 Å². The number of aromatic amines is 1. The topological polar surface area (TPSA) is 95.0 Å². The maximum Gasteiger partial charge on any atom is 0.351 e. The van der Waals surface area contributed by atoms with Crippen molar-refractivity contribution < 1.29 is 18.4 Å². The summed E-state index contributed by atoms with van der Waals surface area (Å²) in [6.07, 6.45) is 2.21. The molecular formula is C20H27ClN3O6P. The van der Waals surface area contributed by atoms with Gasteiger partial charge in [-0.3, -0.25) is 14.3 Å². The Hall–Kier alpha value is -1.58. The van der Waals surface area contributed by atoms with Crippen molar-refractivity contribution in [2.24, 2.45) is 0 Å². The van der Waals surface area contributed by atoms with E-state index in [4.69, 9.17) is 30.0 Å². The van der Waals surface area contributed by atoms with Crippen LogP contribution in [0.4, 0.5) is 0 Å². The number of halogens is 1. The van der Waals surface area contributed by atoms with Crippen LogP contribution in [0.5, 0.6) is 0 Å². The van der Waals surface area contributed by atoms with Crippen LogP contribution in [-0.2, 0) is 18.4 Å². The van der Waals surface area contributed by atoms with Crippen LogP contribution in [0, 0.1) is 0 Å². The third-order valence-electron chi connectivity index (χ3n) is 4.98. The summed E-state index contributed by atoms with van der Waals surface area (Å²) in [7, 11) is 1.77. The summed E-state index contributed by atoms with van der Waals surface area (Å²) in [6.45, 7) is 2.78. The lowest BCUT2D eigenvalue weighted by molar-refractivity contribution is -0.0466. The molecule has 2 heterocycles. The van der Waals surface area contributed by atoms with Crippen molar-refractivity contribution in [3.05, 3.63) is 68.0 Å². The second-order valence-corrected chi connectivity index (χ2v) is 8.87. The van der Waals surface area contributed by atoms with Gasteiger partial charge in [0.15, 0.2) is 0 Å². The Morgan fingerprint density at radius 2 is 2.16 bits per heavy atom. The number of methoxy groups -OCH3 is 1. The molecule has 31 heavy (non-hydrogen) atoms. The van der Waals surface area contributed by atoms with Gasteiger partial charge in [0.05, 0.1) is 18.8 Å². The molecule has 11 heteroatoms. The monoisotopic (exact) mass is 471 g/mol. The molecule has 0 amide bonds. The zero-order valence-corrected chi connectivity index (χ0v) is 19.3. The molecule has 1 aliphatic heterocycles. The fourth-order valence-electron chi connectivity index (χ4n) is 3.26. The highest BCUT2D eigenvalue weighted by molar-refractivity contribution is 7.41. The number of nitrogens with one attached hydrogen (secondary N) is 1. The summed E-state index contributed by atoms with van der Waals surface area (Å²) in [6, 6.07) is 8.67. The van der Waals surface area contributed by atoms with Crippen LogP contribution in [0.1, 0.15) is 37.5 Å². The minimum atomic E-state index is -1.65. The number of aromatic nitrogens is 2. The average Bonchev–Trinajstić information content (AvgIpc) is 2.92. The molecule has 3 rings (SSSR count). The number of ether oxygens (including phenoxy) is 1. The predicted molar refractivity (Wildman–Crippen MR) is 118 cm³/mol. The Balaban J connectivity index is 1.61. The minimum absolute atomic E-state index is 0.200. The third kappa shape index (κ3) is 6.95. The van der Waals surface area contributed by atoms with Crippen LogP contribution in [-0.4, -0.2) is 48.0 Å². The summed E-state index contributed by atoms with van der Waals surface area (Å²) in [5.74, 6) is 0. The molecule has 0 aliphatic carbocycles. The summed E-state index contributed by atoms with van der Waals surface area (Å²) in [4.78, 5) is 25.5. The van der Waals surface area contributed by atoms with Gasteiger partial charge in [0.2, 0.25) is 0 Å². The molecule has 9 nitrogen and oxygen atoms in total. The number of hydrogen-bond donors (Lipinski definition) is 1. The first-order valence-electron chi connectivity index (χ1n) is 9.94. The number of hydrogen-bond acceptors (Lipinski definition) is 7. The van der Waals surface area contributed by atoms with Crippen molar-refractivity contribution in [1.82, 2.24) is 14.6 Å². The van der Waals surface area contributed by atoms with Crippen molar-refractivity contribution in [3.63, 3.8) is 0 Å². The van der Waals surface area contributed by atoms with E-state index >= 15 is 0 Å². The smallest absolute Gasteiger partial charge is 0.351 e. The van der Waals surface area contributed by atoms with E-state index in [1.165, 1.54) is 16.8 Å². The lowest BCUT2D eigenvalue weighted by atomic mass is 10.1. The normalized spacial score (nSPS) is 22.1. The standard InChI is InChI=1S/C20H27ClN3O6P/c1-14(24-10-8-19(25)22-20(24)26)11-17(27-3)13-28-31-29-18(7-9-23(2)30-31)15-5-4-6-16(21)12-15/h4-6,8,10,12,14,17-18H,7,9,11,13H2,1-3H3,(H,22,25,26). The van der Waals surface area contributed by atoms with E-state index in [9.17, 15) is 9.59 Å². The van der Waals surface area contributed by atoms with Crippen molar-refractivity contribution in [1.29, 1.82) is 0 Å². The molecule has 4 atom stereocenters. The van der Waals surface area contributed by atoms with Gasteiger partial charge >= 0.3 is 14.3 Å². The van der Waals surface area contributed by atoms with E-state index in [1.807, 2.05) is 38.2 Å². The Kier molecular flexibility index (Phi) is 8.80. The van der Waals surface area contributed by atoms with Crippen LogP contribution < -0.4 is 11.2 Å². The Morgan fingerprint density at radius 1 is 1.35 bits per heavy atom. The summed E-state index contributed by atoms with van der Waals surface area (Å²) in [5, 5.41) is 2.36. The fourth-order valence-corrected chi connectivity index (χ4v) is 4.64. The van der Waals surface area contributed by atoms with Crippen LogP contribution in [0.3, 0.4) is 0 Å². The first kappa shape index (κ1) is 24.1. The molecule has 1 N–H and O–H groups in total. The Morgan fingerprint density at radius 3 is 2.87 bits per heavy atom. The zero-order chi connectivity index (χ0) is 22.4. The summed E-state index contributed by atoms with van der Waals surface area (Å²) >= 11 is 6.13. The maximum absolute atomic E-state index is 12.0. The lowest BCUT2D eigenvalue weighted by Crippen LogP contribution is -2.32. The van der Waals surface area contributed by atoms with Gasteiger partial charge in [0.1, 0.15) is 0 Å². The molecule has 1 aliphatic rings. The van der Waals surface area contributed by atoms with Gasteiger partial charge in [-0.15, -0.1) is 0 Å². The Bertz CT molecular complexity index is 970. The fraction of sp³-hybridized carbons (Fsp3) is 0.500. The molecule has 4 unspecified atom stereocenters. The highest BCUT2D eigenvalue weighted by Crippen LogP contribution is 2.48. The molecule has 0 bridgehead atoms. The average molecular weight is 472 g/mol. The molecule has 0 radical (unpaired) electrons. The second-order valence-electron chi connectivity index (χ2n) is 7.35. The number of nitrogens with zero attached hydrogens (tertiary/aromatic N) is 2. The number of rotatable bonds is 8. The first-order valence-corrected chi connectivity index (χ1v) is 11.4. The molecule has 2 aromatic rings. The van der Waals surface area contributed by atoms with Crippen molar-refractivity contribution in [2.45, 2.75) is 38.0 Å². The number of benzene rings is 1. The van der Waals surface area contributed by atoms with Gasteiger partial charge in [-0.05, 0) is 37.5 Å². The quantitative estimate of drug-likeness (QED) is 0.589. The third-order valence-corrected chi connectivity index (χ3v) is 6.41. The van der Waals surface area contributed by atoms with Crippen LogP contribution in [0.2, 0.25) is 5.02 Å². The van der Waals surface area contributed by atoms with E-state index in [2.05, 4.69) is 4.98 Å². The van der Waals surface area contributed by atoms with Gasteiger partial charge in [0, 0.05) is 44.0 Å². The Labute approximate surface area is 186 Å². The molecule has 170 valence electrons. The molecule has 1 aromatic carbocycles. The molecule has 1 saturated heterocycles. The van der Waals surface area contributed by atoms with Crippen molar-refractivity contribution >= 4 is 20.2 Å². The highest BCUT2D eigenvalue weighted by Gasteiger charge is 2.29. The summed E-state index contributed by atoms with van der Waals surface area (Å²) < 4.78 is 24.8. The maximum atomic E-state index is 12.0. The van der Waals surface area contributed by atoms with E-state index in [-0.39, 0.29) is 24.9 Å². The largest absolute Gasteiger partial charge is 0.379 e. The number of hydroxylamine groups is 2. The SMILES string of the molecule is COC(COP1OC(c2cccc(Cl)c2)CCN(C)O1)CC(C)n1ccc(=O)[nH]c1=O. The van der Waals surface area contributed by atoms with E-state index in [0.717, 1.165) is 12.0 Å². The molecule has 1 fully saturated rings. The van der Waals surface area contributed by atoms with E-state index in [0.29, 0.717) is 18.0 Å². The predicted octanol–water partition coefficient (Wildman–Crippen LogP) is 3.42. The van der Waals surface area contributed by atoms with Crippen molar-refractivity contribution in [2.75, 3.05) is 27.3 Å². The van der Waals surface area contributed by atoms with Gasteiger partial charge in [-0.2, -0.15) is 5.06 Å². The van der Waals surface area contributed by atoms with Gasteiger partial charge < -0.3 is 13.8 Å². The minimum Gasteiger partial charge on any atom is -0.379 e. The summed E-state index contributed by atoms with van der Waals surface area (Å²) in [5.41, 5.74) is 0.0855. The first-order chi connectivity index (χ1) is 14.9. The number of H-pyrrole nitrogens is 1. The molecule has 0 saturated carbocycles. The van der Waals surface area contributed by atoms with E-state index < -0.39 is 19.9 Å². The lowest BCUT2D eigenvalue weighted by Gasteiger charge is -2.24. The second kappa shape index (κ2) is 11.3. The zero-order valence-electron chi connectivity index (χ0n) is 17.7. The highest BCUT2D eigenvalue weighted by atomic mass is 35.5. The van der Waals surface area contributed by atoms with Crippen LogP contribution in [0.25, 0.3) is 0 Å². The molecule has 1 aromatic heterocycles. The van der Waals surface area contributed by atoms with Gasteiger partial charge in [-0.1, -0.05) is 23.7 Å². The molecular weight excluding hydrogens is 445 g/mol. The van der Waals surface area contributed by atoms with Crippen molar-refractivity contribution in [3.8, 4) is 0 Å². The van der Waals surface area contributed by atoms with Crippen LogP contribution >= 0.6 is 20.2 Å². The molecule has 0 spiro atoms. The van der Waals surface area contributed by atoms with Gasteiger partial charge in [-0.25, -0.2) is 9.42 Å². The van der Waals surface area contributed by atoms with Gasteiger partial charge in [0.25, 0.3) is 5.56 Å².